The van der Waals surface area contributed by atoms with Crippen LogP contribution in [0.25, 0.3) is 0 Å². The molecule has 1 rings (SSSR count). The predicted octanol–water partition coefficient (Wildman–Crippen LogP) is 2.51. The number of unbranched alkanes of at least 4 members (excludes halogenated alkanes) is 1. The molecule has 54 valence electrons. The summed E-state index contributed by atoms with van der Waals surface area (Å²) >= 11 is 0. The van der Waals surface area contributed by atoms with Gasteiger partial charge >= 0.3 is 0 Å². The second-order valence-electron chi connectivity index (χ2n) is 2.59. The highest BCUT2D eigenvalue weighted by Crippen LogP contribution is 1.93. The molecule has 0 aromatic carbocycles. The average molecular weight is 150 g/mol. The summed E-state index contributed by atoms with van der Waals surface area (Å²) in [5.74, 6) is 0. The van der Waals surface area contributed by atoms with Crippen LogP contribution in [-0.2, 0) is 6.04 Å². The molecule has 0 unspecified atom stereocenters. The third kappa shape index (κ3) is 2.44. The molecule has 0 radical (unpaired) electrons. The SMILES string of the molecule is CCCC[si]1ccccc1. The first-order valence-electron chi connectivity index (χ1n) is 3.97. The second-order valence-corrected chi connectivity index (χ2v) is 4.91. The fraction of sp³-hybridized carbons (Fsp3) is 0.444. The largest absolute Gasteiger partial charge is 0.0778 e. The van der Waals surface area contributed by atoms with E-state index in [0.29, 0.717) is 0 Å². The molecule has 1 aromatic heterocycles. The molecule has 0 bridgehead atoms. The molecule has 0 saturated carbocycles. The van der Waals surface area contributed by atoms with Gasteiger partial charge in [0.15, 0.2) is 0 Å². The summed E-state index contributed by atoms with van der Waals surface area (Å²) in [6.07, 6.45) is 2.72. The summed E-state index contributed by atoms with van der Waals surface area (Å²) in [4.78, 5) is 0. The molecule has 0 nitrogen and oxygen atoms in total. The van der Waals surface area contributed by atoms with Crippen LogP contribution in [0, 0.1) is 0 Å². The van der Waals surface area contributed by atoms with E-state index in [4.69, 9.17) is 0 Å². The fourth-order valence-corrected chi connectivity index (χ4v) is 2.95. The molecule has 0 aliphatic carbocycles. The van der Waals surface area contributed by atoms with Crippen molar-refractivity contribution < 1.29 is 0 Å². The Morgan fingerprint density at radius 3 is 2.40 bits per heavy atom. The lowest BCUT2D eigenvalue weighted by molar-refractivity contribution is 0.846. The molecule has 1 aromatic rings. The van der Waals surface area contributed by atoms with Crippen molar-refractivity contribution in [2.75, 3.05) is 0 Å². The van der Waals surface area contributed by atoms with E-state index in [2.05, 4.69) is 36.5 Å². The molecule has 0 fully saturated rings. The standard InChI is InChI=1S/C9H14Si/c1-2-3-7-10-8-5-4-6-9-10/h4-6,8-9H,2-3,7H2,1H3. The number of rotatable bonds is 3. The quantitative estimate of drug-likeness (QED) is 0.581. The Kier molecular flexibility index (Phi) is 3.37. The molecular formula is C9H14Si. The van der Waals surface area contributed by atoms with E-state index in [0.717, 1.165) is 0 Å². The highest BCUT2D eigenvalue weighted by Gasteiger charge is 1.88. The molecular weight excluding hydrogens is 136 g/mol. The normalized spacial score (nSPS) is 9.70. The van der Waals surface area contributed by atoms with E-state index in [9.17, 15) is 0 Å². The van der Waals surface area contributed by atoms with Gasteiger partial charge in [-0.15, -0.1) is 0 Å². The predicted molar refractivity (Wildman–Crippen MR) is 47.3 cm³/mol. The van der Waals surface area contributed by atoms with Crippen molar-refractivity contribution in [3.8, 4) is 0 Å². The van der Waals surface area contributed by atoms with Crippen molar-refractivity contribution >= 4 is 8.40 Å². The lowest BCUT2D eigenvalue weighted by atomic mass is 10.4. The van der Waals surface area contributed by atoms with Crippen LogP contribution < -0.4 is 0 Å². The van der Waals surface area contributed by atoms with Crippen molar-refractivity contribution in [3.63, 3.8) is 0 Å². The van der Waals surface area contributed by atoms with Crippen LogP contribution in [0.5, 0.6) is 0 Å². The Hall–Kier alpha value is -0.433. The molecule has 10 heavy (non-hydrogen) atoms. The molecule has 0 aliphatic rings. The Bertz CT molecular complexity index is 169. The number of hydrogen-bond acceptors (Lipinski definition) is 0. The first kappa shape index (κ1) is 7.67. The van der Waals surface area contributed by atoms with E-state index in [-0.39, 0.29) is 8.40 Å². The van der Waals surface area contributed by atoms with Crippen LogP contribution in [0.3, 0.4) is 0 Å². The Morgan fingerprint density at radius 2 is 1.80 bits per heavy atom. The van der Waals surface area contributed by atoms with E-state index < -0.39 is 0 Å². The van der Waals surface area contributed by atoms with Gasteiger partial charge in [-0.25, -0.2) is 0 Å². The van der Waals surface area contributed by atoms with Gasteiger partial charge in [0, 0.05) is 8.40 Å². The molecule has 0 amide bonds. The van der Waals surface area contributed by atoms with Gasteiger partial charge in [-0.2, -0.15) is 0 Å². The zero-order valence-corrected chi connectivity index (χ0v) is 7.51. The first-order chi connectivity index (χ1) is 4.93. The van der Waals surface area contributed by atoms with E-state index in [1.54, 1.807) is 0 Å². The highest BCUT2D eigenvalue weighted by molar-refractivity contribution is 6.49. The lowest BCUT2D eigenvalue weighted by Gasteiger charge is -1.95. The van der Waals surface area contributed by atoms with Gasteiger partial charge in [-0.3, -0.25) is 0 Å². The van der Waals surface area contributed by atoms with Gasteiger partial charge in [0.25, 0.3) is 0 Å². The summed E-state index contributed by atoms with van der Waals surface area (Å²) in [5, 5.41) is 0. The van der Waals surface area contributed by atoms with Crippen molar-refractivity contribution in [3.05, 3.63) is 29.6 Å². The van der Waals surface area contributed by atoms with Crippen molar-refractivity contribution in [2.24, 2.45) is 0 Å². The summed E-state index contributed by atoms with van der Waals surface area (Å²) in [7, 11) is -0.203. The van der Waals surface area contributed by atoms with Crippen molar-refractivity contribution in [2.45, 2.75) is 25.8 Å². The smallest absolute Gasteiger partial charge is 0.0369 e. The Balaban J connectivity index is 2.43. The number of hydrogen-bond donors (Lipinski definition) is 0. The zero-order valence-electron chi connectivity index (χ0n) is 6.51. The van der Waals surface area contributed by atoms with Crippen LogP contribution in [0.1, 0.15) is 19.8 Å². The molecule has 1 heterocycles. The summed E-state index contributed by atoms with van der Waals surface area (Å²) in [6, 6.07) is 7.90. The Morgan fingerprint density at radius 1 is 1.10 bits per heavy atom. The van der Waals surface area contributed by atoms with Gasteiger partial charge in [-0.1, -0.05) is 49.3 Å². The first-order valence-corrected chi connectivity index (χ1v) is 5.83. The summed E-state index contributed by atoms with van der Waals surface area (Å²) in [5.41, 5.74) is 4.75. The molecule has 0 N–H and O–H groups in total. The molecule has 0 atom stereocenters. The highest BCUT2D eigenvalue weighted by atomic mass is 28.2. The van der Waals surface area contributed by atoms with E-state index in [1.807, 2.05) is 0 Å². The molecule has 1 heteroatoms. The fourth-order valence-electron chi connectivity index (χ4n) is 1.03. The van der Waals surface area contributed by atoms with E-state index in [1.165, 1.54) is 18.9 Å². The van der Waals surface area contributed by atoms with Gasteiger partial charge in [-0.05, 0) is 6.04 Å². The number of aryl methyl sites for hydroxylation is 1. The van der Waals surface area contributed by atoms with Gasteiger partial charge in [0.1, 0.15) is 0 Å². The van der Waals surface area contributed by atoms with Crippen molar-refractivity contribution in [1.82, 2.24) is 0 Å². The summed E-state index contributed by atoms with van der Waals surface area (Å²) < 4.78 is 0. The second kappa shape index (κ2) is 4.39. The minimum absolute atomic E-state index is 0.203. The maximum Gasteiger partial charge on any atom is 0.0369 e. The van der Waals surface area contributed by atoms with Crippen LogP contribution in [0.15, 0.2) is 29.6 Å². The maximum atomic E-state index is 2.38. The average Bonchev–Trinajstić information content (AvgIpc) is 2.03. The third-order valence-corrected chi connectivity index (χ3v) is 3.83. The Labute approximate surface area is 64.4 Å². The molecule has 0 aliphatic heterocycles. The van der Waals surface area contributed by atoms with E-state index >= 15 is 0 Å². The van der Waals surface area contributed by atoms with Crippen molar-refractivity contribution in [1.29, 1.82) is 0 Å². The maximum absolute atomic E-state index is 2.38. The van der Waals surface area contributed by atoms with Gasteiger partial charge in [0.2, 0.25) is 0 Å². The third-order valence-electron chi connectivity index (χ3n) is 1.66. The topological polar surface area (TPSA) is 0 Å². The van der Waals surface area contributed by atoms with Crippen LogP contribution in [0.2, 0.25) is 0 Å². The minimum Gasteiger partial charge on any atom is -0.0778 e. The van der Waals surface area contributed by atoms with Crippen LogP contribution in [0.4, 0.5) is 0 Å². The van der Waals surface area contributed by atoms with Crippen LogP contribution >= 0.6 is 0 Å². The summed E-state index contributed by atoms with van der Waals surface area (Å²) in [6.45, 7) is 2.25. The van der Waals surface area contributed by atoms with Crippen LogP contribution in [-0.4, -0.2) is 8.40 Å². The van der Waals surface area contributed by atoms with Gasteiger partial charge in [0.05, 0.1) is 0 Å². The minimum atomic E-state index is -0.203. The molecule has 0 spiro atoms. The van der Waals surface area contributed by atoms with Gasteiger partial charge < -0.3 is 0 Å². The zero-order chi connectivity index (χ0) is 7.23. The monoisotopic (exact) mass is 150 g/mol. The molecule has 0 saturated heterocycles. The lowest BCUT2D eigenvalue weighted by Crippen LogP contribution is -1.97.